The molecule has 14 heavy (non-hydrogen) atoms. The standard InChI is InChI=1S/C12H24N2/c1-4-10-14(11(3)5-2)12-6-8-13-9-7-12/h5,11-13H,2,4,6-10H2,1,3H3. The lowest BCUT2D eigenvalue weighted by atomic mass is 10.0. The zero-order valence-corrected chi connectivity index (χ0v) is 9.63. The van der Waals surface area contributed by atoms with Gasteiger partial charge in [0, 0.05) is 12.1 Å². The van der Waals surface area contributed by atoms with E-state index in [2.05, 4.69) is 36.7 Å². The van der Waals surface area contributed by atoms with Crippen molar-refractivity contribution in [2.45, 2.75) is 45.2 Å². The summed E-state index contributed by atoms with van der Waals surface area (Å²) in [7, 11) is 0. The van der Waals surface area contributed by atoms with Gasteiger partial charge in [-0.25, -0.2) is 0 Å². The van der Waals surface area contributed by atoms with Crippen molar-refractivity contribution >= 4 is 0 Å². The Bertz CT molecular complexity index is 162. The number of piperidine rings is 1. The van der Waals surface area contributed by atoms with Crippen molar-refractivity contribution in [2.75, 3.05) is 19.6 Å². The molecule has 1 unspecified atom stereocenters. The van der Waals surface area contributed by atoms with E-state index in [4.69, 9.17) is 0 Å². The summed E-state index contributed by atoms with van der Waals surface area (Å²) in [5.41, 5.74) is 0. The summed E-state index contributed by atoms with van der Waals surface area (Å²) >= 11 is 0. The first kappa shape index (κ1) is 11.7. The fraction of sp³-hybridized carbons (Fsp3) is 0.833. The topological polar surface area (TPSA) is 15.3 Å². The minimum Gasteiger partial charge on any atom is -0.317 e. The van der Waals surface area contributed by atoms with E-state index >= 15 is 0 Å². The minimum atomic E-state index is 0.526. The third kappa shape index (κ3) is 3.10. The molecule has 2 nitrogen and oxygen atoms in total. The highest BCUT2D eigenvalue weighted by molar-refractivity contribution is 4.89. The summed E-state index contributed by atoms with van der Waals surface area (Å²) in [6, 6.07) is 1.29. The quantitative estimate of drug-likeness (QED) is 0.677. The van der Waals surface area contributed by atoms with E-state index in [1.54, 1.807) is 0 Å². The Balaban J connectivity index is 2.50. The van der Waals surface area contributed by atoms with Gasteiger partial charge in [-0.15, -0.1) is 6.58 Å². The first-order valence-electron chi connectivity index (χ1n) is 5.88. The summed E-state index contributed by atoms with van der Waals surface area (Å²) < 4.78 is 0. The second kappa shape index (κ2) is 6.20. The van der Waals surface area contributed by atoms with Crippen LogP contribution >= 0.6 is 0 Å². The maximum absolute atomic E-state index is 3.90. The van der Waals surface area contributed by atoms with Crippen molar-refractivity contribution in [2.24, 2.45) is 0 Å². The number of nitrogens with zero attached hydrogens (tertiary/aromatic N) is 1. The first-order chi connectivity index (χ1) is 6.79. The highest BCUT2D eigenvalue weighted by Crippen LogP contribution is 2.15. The number of rotatable bonds is 5. The van der Waals surface area contributed by atoms with Crippen LogP contribution in [-0.2, 0) is 0 Å². The average Bonchev–Trinajstić information content (AvgIpc) is 2.26. The van der Waals surface area contributed by atoms with Gasteiger partial charge >= 0.3 is 0 Å². The lowest BCUT2D eigenvalue weighted by Gasteiger charge is -2.37. The van der Waals surface area contributed by atoms with Crippen LogP contribution in [0, 0.1) is 0 Å². The van der Waals surface area contributed by atoms with Crippen LogP contribution in [0.5, 0.6) is 0 Å². The van der Waals surface area contributed by atoms with Crippen molar-refractivity contribution in [3.8, 4) is 0 Å². The first-order valence-corrected chi connectivity index (χ1v) is 5.88. The largest absolute Gasteiger partial charge is 0.317 e. The van der Waals surface area contributed by atoms with Gasteiger partial charge < -0.3 is 5.32 Å². The molecule has 0 bridgehead atoms. The van der Waals surface area contributed by atoms with Gasteiger partial charge in [0.15, 0.2) is 0 Å². The van der Waals surface area contributed by atoms with E-state index in [0.29, 0.717) is 6.04 Å². The van der Waals surface area contributed by atoms with Crippen molar-refractivity contribution in [1.82, 2.24) is 10.2 Å². The van der Waals surface area contributed by atoms with Crippen LogP contribution in [0.2, 0.25) is 0 Å². The Kier molecular flexibility index (Phi) is 5.20. The molecule has 1 aliphatic rings. The molecule has 1 atom stereocenters. The van der Waals surface area contributed by atoms with Gasteiger partial charge in [-0.05, 0) is 45.8 Å². The van der Waals surface area contributed by atoms with Crippen LogP contribution in [0.4, 0.5) is 0 Å². The highest BCUT2D eigenvalue weighted by atomic mass is 15.2. The summed E-state index contributed by atoms with van der Waals surface area (Å²) in [5, 5.41) is 3.42. The van der Waals surface area contributed by atoms with E-state index in [1.165, 1.54) is 38.9 Å². The van der Waals surface area contributed by atoms with Crippen molar-refractivity contribution in [3.63, 3.8) is 0 Å². The molecular weight excluding hydrogens is 172 g/mol. The molecule has 1 heterocycles. The third-order valence-corrected chi connectivity index (χ3v) is 3.12. The predicted octanol–water partition coefficient (Wildman–Crippen LogP) is 2.02. The van der Waals surface area contributed by atoms with Gasteiger partial charge in [0.1, 0.15) is 0 Å². The molecule has 0 aliphatic carbocycles. The second-order valence-corrected chi connectivity index (χ2v) is 4.20. The summed E-state index contributed by atoms with van der Waals surface area (Å²) in [4.78, 5) is 2.60. The Morgan fingerprint density at radius 2 is 2.14 bits per heavy atom. The Hall–Kier alpha value is -0.340. The van der Waals surface area contributed by atoms with Crippen LogP contribution in [0.15, 0.2) is 12.7 Å². The second-order valence-electron chi connectivity index (χ2n) is 4.20. The fourth-order valence-corrected chi connectivity index (χ4v) is 2.25. The molecular formula is C12H24N2. The van der Waals surface area contributed by atoms with Crippen molar-refractivity contribution < 1.29 is 0 Å². The summed E-state index contributed by atoms with van der Waals surface area (Å²) in [6.07, 6.45) is 5.89. The Labute approximate surface area is 88.4 Å². The van der Waals surface area contributed by atoms with Gasteiger partial charge in [-0.2, -0.15) is 0 Å². The minimum absolute atomic E-state index is 0.526. The maximum Gasteiger partial charge on any atom is 0.0250 e. The average molecular weight is 196 g/mol. The molecule has 0 aromatic rings. The van der Waals surface area contributed by atoms with Gasteiger partial charge in [0.2, 0.25) is 0 Å². The molecule has 1 rings (SSSR count). The van der Waals surface area contributed by atoms with Crippen LogP contribution in [0.25, 0.3) is 0 Å². The van der Waals surface area contributed by atoms with Gasteiger partial charge in [-0.1, -0.05) is 13.0 Å². The van der Waals surface area contributed by atoms with Crippen LogP contribution in [0.1, 0.15) is 33.1 Å². The Morgan fingerprint density at radius 3 is 2.64 bits per heavy atom. The normalized spacial score (nSPS) is 21.1. The molecule has 0 aromatic carbocycles. The van der Waals surface area contributed by atoms with Gasteiger partial charge in [-0.3, -0.25) is 4.90 Å². The van der Waals surface area contributed by atoms with Crippen molar-refractivity contribution in [1.29, 1.82) is 0 Å². The molecule has 1 fully saturated rings. The molecule has 0 spiro atoms. The molecule has 1 aliphatic heterocycles. The number of hydrogen-bond acceptors (Lipinski definition) is 2. The van der Waals surface area contributed by atoms with Crippen molar-refractivity contribution in [3.05, 3.63) is 12.7 Å². The van der Waals surface area contributed by atoms with E-state index in [9.17, 15) is 0 Å². The molecule has 1 saturated heterocycles. The van der Waals surface area contributed by atoms with E-state index in [1.807, 2.05) is 0 Å². The van der Waals surface area contributed by atoms with Gasteiger partial charge in [0.25, 0.3) is 0 Å². The monoisotopic (exact) mass is 196 g/mol. The molecule has 0 radical (unpaired) electrons. The molecule has 0 amide bonds. The lowest BCUT2D eigenvalue weighted by molar-refractivity contribution is 0.139. The van der Waals surface area contributed by atoms with Crippen LogP contribution < -0.4 is 5.32 Å². The molecule has 2 heteroatoms. The van der Waals surface area contributed by atoms with Crippen LogP contribution in [-0.4, -0.2) is 36.6 Å². The van der Waals surface area contributed by atoms with E-state index in [0.717, 1.165) is 6.04 Å². The van der Waals surface area contributed by atoms with Crippen LogP contribution in [0.3, 0.4) is 0 Å². The number of nitrogens with one attached hydrogen (secondary N) is 1. The maximum atomic E-state index is 3.90. The SMILES string of the molecule is C=CC(C)N(CCC)C1CCNCC1. The number of hydrogen-bond donors (Lipinski definition) is 1. The molecule has 82 valence electrons. The smallest absolute Gasteiger partial charge is 0.0250 e. The van der Waals surface area contributed by atoms with Gasteiger partial charge in [0.05, 0.1) is 0 Å². The molecule has 0 saturated carbocycles. The summed E-state index contributed by atoms with van der Waals surface area (Å²) in [6.45, 7) is 12.0. The Morgan fingerprint density at radius 1 is 1.50 bits per heavy atom. The fourth-order valence-electron chi connectivity index (χ4n) is 2.25. The predicted molar refractivity (Wildman–Crippen MR) is 62.5 cm³/mol. The summed E-state index contributed by atoms with van der Waals surface area (Å²) in [5.74, 6) is 0. The van der Waals surface area contributed by atoms with E-state index < -0.39 is 0 Å². The zero-order chi connectivity index (χ0) is 10.4. The molecule has 1 N–H and O–H groups in total. The third-order valence-electron chi connectivity index (χ3n) is 3.12. The zero-order valence-electron chi connectivity index (χ0n) is 9.63. The highest BCUT2D eigenvalue weighted by Gasteiger charge is 2.22. The lowest BCUT2D eigenvalue weighted by Crippen LogP contribution is -2.46. The van der Waals surface area contributed by atoms with E-state index in [-0.39, 0.29) is 0 Å². The molecule has 0 aromatic heterocycles.